The van der Waals surface area contributed by atoms with Crippen LogP contribution in [-0.4, -0.2) is 22.5 Å². The monoisotopic (exact) mass is 345 g/mol. The summed E-state index contributed by atoms with van der Waals surface area (Å²) in [6.45, 7) is 4.10. The lowest BCUT2D eigenvalue weighted by Gasteiger charge is -2.11. The van der Waals surface area contributed by atoms with Gasteiger partial charge in [0.15, 0.2) is 5.96 Å². The van der Waals surface area contributed by atoms with Crippen molar-refractivity contribution < 1.29 is 0 Å². The summed E-state index contributed by atoms with van der Waals surface area (Å²) in [6, 6.07) is 20.2. The summed E-state index contributed by atoms with van der Waals surface area (Å²) in [4.78, 5) is 13.4. The van der Waals surface area contributed by atoms with Crippen molar-refractivity contribution in [3.8, 4) is 11.3 Å². The van der Waals surface area contributed by atoms with Crippen LogP contribution in [0.1, 0.15) is 18.2 Å². The number of rotatable bonds is 6. The zero-order valence-electron chi connectivity index (χ0n) is 14.9. The van der Waals surface area contributed by atoms with Gasteiger partial charge in [-0.05, 0) is 42.8 Å². The maximum absolute atomic E-state index is 4.68. The van der Waals surface area contributed by atoms with Crippen LogP contribution in [0.3, 0.4) is 0 Å². The summed E-state index contributed by atoms with van der Waals surface area (Å²) in [7, 11) is 0. The maximum atomic E-state index is 4.68. The van der Waals surface area contributed by atoms with Gasteiger partial charge >= 0.3 is 0 Å². The first kappa shape index (κ1) is 17.6. The molecule has 0 fully saturated rings. The van der Waals surface area contributed by atoms with E-state index in [-0.39, 0.29) is 0 Å². The van der Waals surface area contributed by atoms with Crippen LogP contribution in [0.4, 0.5) is 0 Å². The molecule has 0 bridgehead atoms. The van der Waals surface area contributed by atoms with Gasteiger partial charge < -0.3 is 10.6 Å². The molecule has 5 heteroatoms. The van der Waals surface area contributed by atoms with E-state index in [1.165, 1.54) is 0 Å². The van der Waals surface area contributed by atoms with E-state index in [2.05, 4.69) is 50.7 Å². The highest BCUT2D eigenvalue weighted by atomic mass is 15.2. The second-order valence-corrected chi connectivity index (χ2v) is 5.79. The molecule has 0 radical (unpaired) electrons. The number of nitrogens with one attached hydrogen (secondary N) is 2. The Morgan fingerprint density at radius 1 is 0.923 bits per heavy atom. The Kier molecular flexibility index (Phi) is 6.31. The fraction of sp³-hybridized carbons (Fsp3) is 0.190. The van der Waals surface area contributed by atoms with Crippen molar-refractivity contribution in [3.63, 3.8) is 0 Å². The van der Waals surface area contributed by atoms with Crippen molar-refractivity contribution in [1.29, 1.82) is 0 Å². The van der Waals surface area contributed by atoms with E-state index in [0.717, 1.165) is 35.0 Å². The fourth-order valence-electron chi connectivity index (χ4n) is 2.55. The van der Waals surface area contributed by atoms with Gasteiger partial charge in [-0.1, -0.05) is 30.3 Å². The first-order chi connectivity index (χ1) is 12.8. The topological polar surface area (TPSA) is 62.2 Å². The largest absolute Gasteiger partial charge is 0.357 e. The minimum atomic E-state index is 0.595. The molecular weight excluding hydrogens is 322 g/mol. The van der Waals surface area contributed by atoms with Crippen LogP contribution in [0.5, 0.6) is 0 Å². The molecule has 0 unspecified atom stereocenters. The molecule has 0 aliphatic heterocycles. The molecule has 3 aromatic rings. The van der Waals surface area contributed by atoms with Gasteiger partial charge in [-0.3, -0.25) is 9.97 Å². The van der Waals surface area contributed by atoms with Gasteiger partial charge in [0.05, 0.1) is 24.5 Å². The molecule has 0 aliphatic carbocycles. The van der Waals surface area contributed by atoms with E-state index in [4.69, 9.17) is 0 Å². The van der Waals surface area contributed by atoms with Crippen molar-refractivity contribution in [2.24, 2.45) is 4.99 Å². The molecule has 0 atom stereocenters. The third kappa shape index (κ3) is 5.14. The van der Waals surface area contributed by atoms with Crippen molar-refractivity contribution in [2.45, 2.75) is 20.0 Å². The minimum Gasteiger partial charge on any atom is -0.357 e. The molecule has 3 rings (SSSR count). The molecule has 0 amide bonds. The lowest BCUT2D eigenvalue weighted by atomic mass is 10.1. The van der Waals surface area contributed by atoms with Gasteiger partial charge in [0.25, 0.3) is 0 Å². The number of aliphatic imine (C=N–C) groups is 1. The zero-order chi connectivity index (χ0) is 18.0. The van der Waals surface area contributed by atoms with E-state index in [1.54, 1.807) is 6.20 Å². The quantitative estimate of drug-likeness (QED) is 0.531. The van der Waals surface area contributed by atoms with Crippen LogP contribution < -0.4 is 10.6 Å². The summed E-state index contributed by atoms with van der Waals surface area (Å²) in [5.74, 6) is 0.779. The molecule has 0 saturated carbocycles. The summed E-state index contributed by atoms with van der Waals surface area (Å²) < 4.78 is 0. The standard InChI is InChI=1S/C21H23N5/c1-2-22-21(26-16-19-10-3-5-12-23-19)25-15-17-8-7-9-18(14-17)20-11-4-6-13-24-20/h3-14H,2,15-16H2,1H3,(H2,22,25,26). The first-order valence-electron chi connectivity index (χ1n) is 8.77. The number of benzene rings is 1. The molecule has 2 heterocycles. The molecule has 0 spiro atoms. The Labute approximate surface area is 154 Å². The average molecular weight is 345 g/mol. The second kappa shape index (κ2) is 9.32. The number of pyridine rings is 2. The lowest BCUT2D eigenvalue weighted by molar-refractivity contribution is 0.799. The molecule has 0 aliphatic rings. The normalized spacial score (nSPS) is 11.2. The van der Waals surface area contributed by atoms with Crippen LogP contribution in [-0.2, 0) is 13.1 Å². The fourth-order valence-corrected chi connectivity index (χ4v) is 2.55. The summed E-state index contributed by atoms with van der Waals surface area (Å²) >= 11 is 0. The minimum absolute atomic E-state index is 0.595. The maximum Gasteiger partial charge on any atom is 0.191 e. The van der Waals surface area contributed by atoms with Crippen molar-refractivity contribution >= 4 is 5.96 Å². The number of hydrogen-bond acceptors (Lipinski definition) is 3. The number of nitrogens with zero attached hydrogens (tertiary/aromatic N) is 3. The highest BCUT2D eigenvalue weighted by Crippen LogP contribution is 2.18. The SMILES string of the molecule is CCNC(=NCc1cccc(-c2ccccn2)c1)NCc1ccccn1. The van der Waals surface area contributed by atoms with Crippen LogP contribution in [0, 0.1) is 0 Å². The Morgan fingerprint density at radius 2 is 1.77 bits per heavy atom. The Hall–Kier alpha value is -3.21. The van der Waals surface area contributed by atoms with E-state index < -0.39 is 0 Å². The predicted molar refractivity (Wildman–Crippen MR) is 106 cm³/mol. The third-order valence-corrected chi connectivity index (χ3v) is 3.81. The zero-order valence-corrected chi connectivity index (χ0v) is 14.9. The van der Waals surface area contributed by atoms with Crippen LogP contribution in [0.25, 0.3) is 11.3 Å². The summed E-state index contributed by atoms with van der Waals surface area (Å²) in [5.41, 5.74) is 4.20. The van der Waals surface area contributed by atoms with Crippen LogP contribution in [0.15, 0.2) is 78.0 Å². The smallest absolute Gasteiger partial charge is 0.191 e. The van der Waals surface area contributed by atoms with Gasteiger partial charge in [-0.15, -0.1) is 0 Å². The van der Waals surface area contributed by atoms with Gasteiger partial charge in [0.2, 0.25) is 0 Å². The molecule has 132 valence electrons. The van der Waals surface area contributed by atoms with E-state index in [1.807, 2.05) is 48.7 Å². The van der Waals surface area contributed by atoms with Crippen LogP contribution >= 0.6 is 0 Å². The second-order valence-electron chi connectivity index (χ2n) is 5.79. The summed E-state index contributed by atoms with van der Waals surface area (Å²) in [6.07, 6.45) is 3.61. The number of hydrogen-bond donors (Lipinski definition) is 2. The van der Waals surface area contributed by atoms with Gasteiger partial charge in [0.1, 0.15) is 0 Å². The molecule has 2 aromatic heterocycles. The van der Waals surface area contributed by atoms with Crippen molar-refractivity contribution in [3.05, 3.63) is 84.3 Å². The van der Waals surface area contributed by atoms with Gasteiger partial charge in [-0.2, -0.15) is 0 Å². The predicted octanol–water partition coefficient (Wildman–Crippen LogP) is 3.40. The summed E-state index contributed by atoms with van der Waals surface area (Å²) in [5, 5.41) is 6.59. The highest BCUT2D eigenvalue weighted by molar-refractivity contribution is 5.79. The molecule has 26 heavy (non-hydrogen) atoms. The van der Waals surface area contributed by atoms with Gasteiger partial charge in [0, 0.05) is 24.5 Å². The molecule has 0 saturated heterocycles. The first-order valence-corrected chi connectivity index (χ1v) is 8.77. The van der Waals surface area contributed by atoms with Gasteiger partial charge in [-0.25, -0.2) is 4.99 Å². The third-order valence-electron chi connectivity index (χ3n) is 3.81. The Morgan fingerprint density at radius 3 is 2.50 bits per heavy atom. The van der Waals surface area contributed by atoms with E-state index in [0.29, 0.717) is 13.1 Å². The Balaban J connectivity index is 1.67. The highest BCUT2D eigenvalue weighted by Gasteiger charge is 2.02. The molecule has 5 nitrogen and oxygen atoms in total. The van der Waals surface area contributed by atoms with Crippen molar-refractivity contribution in [1.82, 2.24) is 20.6 Å². The molecule has 2 N–H and O–H groups in total. The average Bonchev–Trinajstić information content (AvgIpc) is 2.72. The molecular formula is C21H23N5. The Bertz CT molecular complexity index is 831. The number of guanidine groups is 1. The van der Waals surface area contributed by atoms with E-state index >= 15 is 0 Å². The van der Waals surface area contributed by atoms with E-state index in [9.17, 15) is 0 Å². The number of aromatic nitrogens is 2. The lowest BCUT2D eigenvalue weighted by Crippen LogP contribution is -2.36. The van der Waals surface area contributed by atoms with Crippen LogP contribution in [0.2, 0.25) is 0 Å². The molecule has 1 aromatic carbocycles. The van der Waals surface area contributed by atoms with Crippen molar-refractivity contribution in [2.75, 3.05) is 6.54 Å².